The number of rotatable bonds is 2. The van der Waals surface area contributed by atoms with E-state index in [9.17, 15) is 18.0 Å². The fourth-order valence-corrected chi connectivity index (χ4v) is 1.77. The number of H-pyrrole nitrogens is 1. The largest absolute Gasteiger partial charge is 0.433 e. The van der Waals surface area contributed by atoms with Crippen LogP contribution in [-0.2, 0) is 6.18 Å². The van der Waals surface area contributed by atoms with Crippen LogP contribution in [-0.4, -0.2) is 9.97 Å². The molecule has 4 nitrogen and oxygen atoms in total. The van der Waals surface area contributed by atoms with E-state index in [4.69, 9.17) is 0 Å². The van der Waals surface area contributed by atoms with Crippen LogP contribution in [0.25, 0.3) is 0 Å². The normalized spacial score (nSPS) is 11.4. The minimum absolute atomic E-state index is 0.258. The SMILES string of the molecule is Cc1cc(Nc2nc(C(F)(F)F)cc(=O)[nH]2)ccc1Br. The van der Waals surface area contributed by atoms with Crippen molar-refractivity contribution in [2.75, 3.05) is 5.32 Å². The minimum Gasteiger partial charge on any atom is -0.326 e. The number of aromatic amines is 1. The number of alkyl halides is 3. The van der Waals surface area contributed by atoms with Crippen molar-refractivity contribution in [2.45, 2.75) is 13.1 Å². The van der Waals surface area contributed by atoms with Crippen molar-refractivity contribution in [2.24, 2.45) is 0 Å². The van der Waals surface area contributed by atoms with Gasteiger partial charge in [-0.15, -0.1) is 0 Å². The standard InChI is InChI=1S/C12H9BrF3N3O/c1-6-4-7(2-3-8(6)13)17-11-18-9(12(14,15)16)5-10(20)19-11/h2-5H,1H3,(H2,17,18,19,20). The van der Waals surface area contributed by atoms with Crippen molar-refractivity contribution in [1.82, 2.24) is 9.97 Å². The summed E-state index contributed by atoms with van der Waals surface area (Å²) in [6, 6.07) is 5.52. The number of aryl methyl sites for hydroxylation is 1. The van der Waals surface area contributed by atoms with Crippen LogP contribution in [0, 0.1) is 6.92 Å². The zero-order valence-corrected chi connectivity index (χ0v) is 11.8. The predicted octanol–water partition coefficient (Wildman–Crippen LogP) is 3.60. The lowest BCUT2D eigenvalue weighted by Gasteiger charge is -2.10. The Kier molecular flexibility index (Phi) is 3.85. The molecule has 0 aliphatic rings. The zero-order chi connectivity index (χ0) is 14.9. The highest BCUT2D eigenvalue weighted by atomic mass is 79.9. The molecular weight excluding hydrogens is 339 g/mol. The first-order valence-corrected chi connectivity index (χ1v) is 6.27. The molecule has 0 aliphatic heterocycles. The maximum absolute atomic E-state index is 12.6. The van der Waals surface area contributed by atoms with Crippen LogP contribution in [0.1, 0.15) is 11.3 Å². The molecule has 8 heteroatoms. The van der Waals surface area contributed by atoms with E-state index >= 15 is 0 Å². The summed E-state index contributed by atoms with van der Waals surface area (Å²) in [7, 11) is 0. The Hall–Kier alpha value is -1.83. The van der Waals surface area contributed by atoms with E-state index in [0.29, 0.717) is 11.8 Å². The highest BCUT2D eigenvalue weighted by Gasteiger charge is 2.33. The Balaban J connectivity index is 2.36. The van der Waals surface area contributed by atoms with Crippen molar-refractivity contribution in [3.63, 3.8) is 0 Å². The van der Waals surface area contributed by atoms with Gasteiger partial charge in [-0.1, -0.05) is 15.9 Å². The maximum atomic E-state index is 12.6. The number of halogens is 4. The average molecular weight is 348 g/mol. The summed E-state index contributed by atoms with van der Waals surface area (Å²) >= 11 is 3.31. The molecule has 0 bridgehead atoms. The van der Waals surface area contributed by atoms with Gasteiger partial charge in [-0.2, -0.15) is 13.2 Å². The maximum Gasteiger partial charge on any atom is 0.433 e. The molecule has 1 aromatic carbocycles. The molecule has 0 aliphatic carbocycles. The number of nitrogens with zero attached hydrogens (tertiary/aromatic N) is 1. The van der Waals surface area contributed by atoms with Crippen molar-refractivity contribution in [3.05, 3.63) is 50.3 Å². The molecule has 0 radical (unpaired) electrons. The van der Waals surface area contributed by atoms with Gasteiger partial charge in [-0.25, -0.2) is 4.98 Å². The third-order valence-electron chi connectivity index (χ3n) is 2.45. The van der Waals surface area contributed by atoms with Crippen molar-refractivity contribution in [3.8, 4) is 0 Å². The molecule has 2 aromatic rings. The second kappa shape index (κ2) is 5.28. The number of hydrogen-bond donors (Lipinski definition) is 2. The third-order valence-corrected chi connectivity index (χ3v) is 3.34. The van der Waals surface area contributed by atoms with E-state index in [1.807, 2.05) is 6.92 Å². The summed E-state index contributed by atoms with van der Waals surface area (Å²) in [5.74, 6) is -0.258. The molecular formula is C12H9BrF3N3O. The van der Waals surface area contributed by atoms with Gasteiger partial charge in [0.1, 0.15) is 0 Å². The molecule has 1 aromatic heterocycles. The van der Waals surface area contributed by atoms with Crippen LogP contribution in [0.5, 0.6) is 0 Å². The van der Waals surface area contributed by atoms with Gasteiger partial charge in [-0.3, -0.25) is 9.78 Å². The van der Waals surface area contributed by atoms with E-state index < -0.39 is 17.4 Å². The van der Waals surface area contributed by atoms with Gasteiger partial charge in [0.25, 0.3) is 5.56 Å². The van der Waals surface area contributed by atoms with Gasteiger partial charge >= 0.3 is 6.18 Å². The van der Waals surface area contributed by atoms with E-state index in [0.717, 1.165) is 10.0 Å². The minimum atomic E-state index is -4.67. The number of anilines is 2. The molecule has 0 unspecified atom stereocenters. The van der Waals surface area contributed by atoms with Crippen molar-refractivity contribution >= 4 is 27.6 Å². The summed E-state index contributed by atoms with van der Waals surface area (Å²) in [4.78, 5) is 16.8. The Bertz CT molecular complexity index is 697. The summed E-state index contributed by atoms with van der Waals surface area (Å²) in [5.41, 5.74) is -0.696. The average Bonchev–Trinajstić information content (AvgIpc) is 2.32. The number of benzene rings is 1. The molecule has 0 saturated carbocycles. The van der Waals surface area contributed by atoms with Gasteiger partial charge in [0, 0.05) is 16.2 Å². The fraction of sp³-hybridized carbons (Fsp3) is 0.167. The second-order valence-electron chi connectivity index (χ2n) is 4.07. The summed E-state index contributed by atoms with van der Waals surface area (Å²) in [6.07, 6.45) is -4.67. The first-order valence-electron chi connectivity index (χ1n) is 5.47. The van der Waals surface area contributed by atoms with Gasteiger partial charge in [0.15, 0.2) is 5.69 Å². The van der Waals surface area contributed by atoms with Gasteiger partial charge in [-0.05, 0) is 30.7 Å². The third kappa shape index (κ3) is 3.38. The number of hydrogen-bond acceptors (Lipinski definition) is 3. The van der Waals surface area contributed by atoms with Gasteiger partial charge < -0.3 is 5.32 Å². The van der Waals surface area contributed by atoms with Crippen molar-refractivity contribution in [1.29, 1.82) is 0 Å². The van der Waals surface area contributed by atoms with E-state index in [1.54, 1.807) is 18.2 Å². The summed E-state index contributed by atoms with van der Waals surface area (Å²) < 4.78 is 38.5. The first kappa shape index (κ1) is 14.6. The molecule has 0 saturated heterocycles. The molecule has 0 fully saturated rings. The Morgan fingerprint density at radius 3 is 2.60 bits per heavy atom. The molecule has 2 rings (SSSR count). The molecule has 0 spiro atoms. The quantitative estimate of drug-likeness (QED) is 0.872. The van der Waals surface area contributed by atoms with E-state index in [-0.39, 0.29) is 5.95 Å². The van der Waals surface area contributed by atoms with Crippen LogP contribution < -0.4 is 10.9 Å². The summed E-state index contributed by atoms with van der Waals surface area (Å²) in [6.45, 7) is 1.83. The Morgan fingerprint density at radius 1 is 1.30 bits per heavy atom. The topological polar surface area (TPSA) is 57.8 Å². The molecule has 0 amide bonds. The second-order valence-corrected chi connectivity index (χ2v) is 4.92. The highest BCUT2D eigenvalue weighted by Crippen LogP contribution is 2.27. The molecule has 0 atom stereocenters. The Morgan fingerprint density at radius 2 is 2.00 bits per heavy atom. The lowest BCUT2D eigenvalue weighted by Crippen LogP contribution is -2.17. The predicted molar refractivity (Wildman–Crippen MR) is 72.0 cm³/mol. The lowest BCUT2D eigenvalue weighted by atomic mass is 10.2. The highest BCUT2D eigenvalue weighted by molar-refractivity contribution is 9.10. The first-order chi connectivity index (χ1) is 9.25. The van der Waals surface area contributed by atoms with Crippen LogP contribution in [0.3, 0.4) is 0 Å². The van der Waals surface area contributed by atoms with Gasteiger partial charge in [0.2, 0.25) is 5.95 Å². The molecule has 1 heterocycles. The van der Waals surface area contributed by atoms with Crippen LogP contribution in [0.2, 0.25) is 0 Å². The Labute approximate surface area is 120 Å². The van der Waals surface area contributed by atoms with E-state index in [1.165, 1.54) is 0 Å². The summed E-state index contributed by atoms with van der Waals surface area (Å²) in [5, 5.41) is 2.64. The zero-order valence-electron chi connectivity index (χ0n) is 10.2. The lowest BCUT2D eigenvalue weighted by molar-refractivity contribution is -0.141. The van der Waals surface area contributed by atoms with Crippen LogP contribution in [0.4, 0.5) is 24.8 Å². The molecule has 106 valence electrons. The monoisotopic (exact) mass is 347 g/mol. The van der Waals surface area contributed by atoms with Gasteiger partial charge in [0.05, 0.1) is 0 Å². The van der Waals surface area contributed by atoms with Crippen molar-refractivity contribution < 1.29 is 13.2 Å². The number of nitrogens with one attached hydrogen (secondary N) is 2. The fourth-order valence-electron chi connectivity index (χ4n) is 1.52. The van der Waals surface area contributed by atoms with E-state index in [2.05, 4.69) is 31.2 Å². The van der Waals surface area contributed by atoms with Crippen LogP contribution >= 0.6 is 15.9 Å². The molecule has 2 N–H and O–H groups in total. The number of aromatic nitrogens is 2. The molecule has 20 heavy (non-hydrogen) atoms. The van der Waals surface area contributed by atoms with Crippen LogP contribution in [0.15, 0.2) is 33.5 Å². The smallest absolute Gasteiger partial charge is 0.326 e.